The Bertz CT molecular complexity index is 610. The van der Waals surface area contributed by atoms with Crippen LogP contribution < -0.4 is 0 Å². The Balaban J connectivity index is 2.33. The lowest BCUT2D eigenvalue weighted by Crippen LogP contribution is -2.16. The van der Waals surface area contributed by atoms with Gasteiger partial charge in [0.15, 0.2) is 0 Å². The number of hydrogen-bond donors (Lipinski definition) is 0. The minimum Gasteiger partial charge on any atom is -0.465 e. The number of carbonyl (C=O) groups is 1. The van der Waals surface area contributed by atoms with Gasteiger partial charge in [0.2, 0.25) is 0 Å². The molecule has 0 bridgehead atoms. The molecule has 0 saturated carbocycles. The predicted molar refractivity (Wildman–Crippen MR) is 78.8 cm³/mol. The molecule has 1 atom stereocenters. The lowest BCUT2D eigenvalue weighted by atomic mass is 10.2. The smallest absolute Gasteiger partial charge is 0.319 e. The van der Waals surface area contributed by atoms with Gasteiger partial charge in [-0.1, -0.05) is 11.8 Å². The summed E-state index contributed by atoms with van der Waals surface area (Å²) < 4.78 is 5.02. The molecule has 0 aromatic carbocycles. The van der Waals surface area contributed by atoms with Crippen molar-refractivity contribution in [3.63, 3.8) is 0 Å². The lowest BCUT2D eigenvalue weighted by Gasteiger charge is -2.10. The maximum Gasteiger partial charge on any atom is 0.319 e. The minimum absolute atomic E-state index is 0.205. The van der Waals surface area contributed by atoms with Crippen molar-refractivity contribution in [1.29, 1.82) is 0 Å². The second kappa shape index (κ2) is 5.88. The number of thiophene rings is 1. The molecule has 0 fully saturated rings. The molecule has 2 rings (SSSR count). The largest absolute Gasteiger partial charge is 0.465 e. The summed E-state index contributed by atoms with van der Waals surface area (Å²) in [5, 5.41) is 1.65. The summed E-state index contributed by atoms with van der Waals surface area (Å²) in [5.41, 5.74) is 1.19. The van der Waals surface area contributed by atoms with Crippen molar-refractivity contribution in [2.75, 3.05) is 6.61 Å². The Morgan fingerprint density at radius 1 is 1.47 bits per heavy atom. The van der Waals surface area contributed by atoms with Gasteiger partial charge in [0.25, 0.3) is 0 Å². The van der Waals surface area contributed by atoms with E-state index in [1.54, 1.807) is 17.7 Å². The zero-order valence-electron chi connectivity index (χ0n) is 11.4. The van der Waals surface area contributed by atoms with Crippen LogP contribution in [-0.4, -0.2) is 27.8 Å². The molecule has 0 radical (unpaired) electrons. The van der Waals surface area contributed by atoms with Gasteiger partial charge in [-0.2, -0.15) is 0 Å². The Labute approximate surface area is 120 Å². The summed E-state index contributed by atoms with van der Waals surface area (Å²) in [4.78, 5) is 22.5. The van der Waals surface area contributed by atoms with E-state index in [1.165, 1.54) is 22.2 Å². The molecule has 102 valence electrons. The standard InChI is InChI=1S/C13H16N2O2S2/c1-5-17-13(16)9(4)19-12-10-7(2)8(3)18-11(10)14-6-15-12/h6,9H,5H2,1-4H3. The Kier molecular flexibility index (Phi) is 4.42. The van der Waals surface area contributed by atoms with E-state index in [-0.39, 0.29) is 11.2 Å². The molecule has 2 heterocycles. The second-order valence-electron chi connectivity index (χ2n) is 4.15. The first-order valence-corrected chi connectivity index (χ1v) is 7.78. The van der Waals surface area contributed by atoms with E-state index in [1.807, 2.05) is 13.8 Å². The number of ether oxygens (including phenoxy) is 1. The van der Waals surface area contributed by atoms with E-state index in [0.717, 1.165) is 15.2 Å². The van der Waals surface area contributed by atoms with E-state index >= 15 is 0 Å². The summed E-state index contributed by atoms with van der Waals surface area (Å²) in [6.07, 6.45) is 1.55. The van der Waals surface area contributed by atoms with Crippen molar-refractivity contribution in [3.05, 3.63) is 16.8 Å². The van der Waals surface area contributed by atoms with Crippen LogP contribution in [0.25, 0.3) is 10.2 Å². The average molecular weight is 296 g/mol. The van der Waals surface area contributed by atoms with Crippen molar-refractivity contribution in [1.82, 2.24) is 9.97 Å². The van der Waals surface area contributed by atoms with Crippen molar-refractivity contribution in [2.45, 2.75) is 38.0 Å². The molecule has 0 spiro atoms. The van der Waals surface area contributed by atoms with Crippen molar-refractivity contribution < 1.29 is 9.53 Å². The molecule has 1 unspecified atom stereocenters. The van der Waals surface area contributed by atoms with E-state index in [2.05, 4.69) is 23.8 Å². The molecular weight excluding hydrogens is 280 g/mol. The first-order valence-electron chi connectivity index (χ1n) is 6.08. The van der Waals surface area contributed by atoms with Crippen LogP contribution in [-0.2, 0) is 9.53 Å². The first-order chi connectivity index (χ1) is 9.04. The summed E-state index contributed by atoms with van der Waals surface area (Å²) in [7, 11) is 0. The van der Waals surface area contributed by atoms with Crippen LogP contribution in [0.3, 0.4) is 0 Å². The van der Waals surface area contributed by atoms with Crippen LogP contribution in [0.15, 0.2) is 11.4 Å². The van der Waals surface area contributed by atoms with Gasteiger partial charge in [0.05, 0.1) is 6.61 Å². The molecule has 2 aromatic rings. The van der Waals surface area contributed by atoms with Crippen LogP contribution >= 0.6 is 23.1 Å². The van der Waals surface area contributed by atoms with Crippen molar-refractivity contribution >= 4 is 39.3 Å². The Hall–Kier alpha value is -1.14. The number of esters is 1. The average Bonchev–Trinajstić information content (AvgIpc) is 2.66. The SMILES string of the molecule is CCOC(=O)C(C)Sc1ncnc2sc(C)c(C)c12. The fraction of sp³-hybridized carbons (Fsp3) is 0.462. The van der Waals surface area contributed by atoms with E-state index < -0.39 is 0 Å². The number of fused-ring (bicyclic) bond motifs is 1. The van der Waals surface area contributed by atoms with E-state index in [9.17, 15) is 4.79 Å². The highest BCUT2D eigenvalue weighted by Gasteiger charge is 2.19. The number of nitrogens with zero attached hydrogens (tertiary/aromatic N) is 2. The highest BCUT2D eigenvalue weighted by Crippen LogP contribution is 2.35. The van der Waals surface area contributed by atoms with Gasteiger partial charge in [-0.15, -0.1) is 11.3 Å². The molecule has 4 nitrogen and oxygen atoms in total. The molecule has 2 aromatic heterocycles. The third-order valence-corrected chi connectivity index (χ3v) is 5.03. The first kappa shape index (κ1) is 14.3. The molecule has 0 saturated heterocycles. The summed E-state index contributed by atoms with van der Waals surface area (Å²) in [6, 6.07) is 0. The number of carbonyl (C=O) groups excluding carboxylic acids is 1. The predicted octanol–water partition coefficient (Wildman–Crippen LogP) is 3.35. The Morgan fingerprint density at radius 2 is 2.21 bits per heavy atom. The van der Waals surface area contributed by atoms with Crippen LogP contribution in [0.5, 0.6) is 0 Å². The number of aromatic nitrogens is 2. The van der Waals surface area contributed by atoms with Crippen molar-refractivity contribution in [2.24, 2.45) is 0 Å². The Morgan fingerprint density at radius 3 is 2.89 bits per heavy atom. The van der Waals surface area contributed by atoms with Gasteiger partial charge in [-0.05, 0) is 33.3 Å². The molecule has 0 N–H and O–H groups in total. The maximum absolute atomic E-state index is 11.7. The number of thioether (sulfide) groups is 1. The fourth-order valence-corrected chi connectivity index (χ4v) is 3.75. The van der Waals surface area contributed by atoms with Gasteiger partial charge in [-0.3, -0.25) is 4.79 Å². The molecule has 19 heavy (non-hydrogen) atoms. The normalized spacial score (nSPS) is 12.6. The number of hydrogen-bond acceptors (Lipinski definition) is 6. The second-order valence-corrected chi connectivity index (χ2v) is 6.69. The fourth-order valence-electron chi connectivity index (χ4n) is 1.71. The van der Waals surface area contributed by atoms with Crippen LogP contribution in [0, 0.1) is 13.8 Å². The summed E-state index contributed by atoms with van der Waals surface area (Å²) in [5.74, 6) is -0.205. The van der Waals surface area contributed by atoms with Gasteiger partial charge < -0.3 is 4.74 Å². The maximum atomic E-state index is 11.7. The van der Waals surface area contributed by atoms with Crippen LogP contribution in [0.2, 0.25) is 0 Å². The molecule has 0 aliphatic carbocycles. The van der Waals surface area contributed by atoms with Crippen LogP contribution in [0.1, 0.15) is 24.3 Å². The molecule has 0 aliphatic heterocycles. The number of rotatable bonds is 4. The number of aryl methyl sites for hydroxylation is 2. The molecule has 6 heteroatoms. The van der Waals surface area contributed by atoms with Gasteiger partial charge in [0, 0.05) is 10.3 Å². The summed E-state index contributed by atoms with van der Waals surface area (Å²) >= 11 is 3.09. The van der Waals surface area contributed by atoms with Crippen LogP contribution in [0.4, 0.5) is 0 Å². The van der Waals surface area contributed by atoms with E-state index in [4.69, 9.17) is 4.74 Å². The highest BCUT2D eigenvalue weighted by atomic mass is 32.2. The van der Waals surface area contributed by atoms with Gasteiger partial charge >= 0.3 is 5.97 Å². The molecule has 0 amide bonds. The highest BCUT2D eigenvalue weighted by molar-refractivity contribution is 8.00. The third kappa shape index (κ3) is 2.90. The third-order valence-electron chi connectivity index (χ3n) is 2.84. The zero-order chi connectivity index (χ0) is 14.0. The molecular formula is C13H16N2O2S2. The minimum atomic E-state index is -0.266. The zero-order valence-corrected chi connectivity index (χ0v) is 13.0. The topological polar surface area (TPSA) is 52.1 Å². The monoisotopic (exact) mass is 296 g/mol. The van der Waals surface area contributed by atoms with Crippen molar-refractivity contribution in [3.8, 4) is 0 Å². The summed E-state index contributed by atoms with van der Waals surface area (Å²) in [6.45, 7) is 8.19. The lowest BCUT2D eigenvalue weighted by molar-refractivity contribution is -0.142. The van der Waals surface area contributed by atoms with Gasteiger partial charge in [-0.25, -0.2) is 9.97 Å². The van der Waals surface area contributed by atoms with E-state index in [0.29, 0.717) is 6.61 Å². The molecule has 0 aliphatic rings. The quantitative estimate of drug-likeness (QED) is 0.492. The van der Waals surface area contributed by atoms with Gasteiger partial charge in [0.1, 0.15) is 21.4 Å².